The van der Waals surface area contributed by atoms with Crippen molar-refractivity contribution in [1.82, 2.24) is 9.97 Å². The van der Waals surface area contributed by atoms with Gasteiger partial charge in [-0.15, -0.1) is 0 Å². The van der Waals surface area contributed by atoms with Crippen LogP contribution in [0.3, 0.4) is 0 Å². The van der Waals surface area contributed by atoms with Crippen LogP contribution in [0.1, 0.15) is 46.9 Å². The predicted molar refractivity (Wildman–Crippen MR) is 288 cm³/mol. The van der Waals surface area contributed by atoms with Crippen LogP contribution >= 0.6 is 0 Å². The molecule has 11 aromatic rings. The zero-order valence-electron chi connectivity index (χ0n) is 38.1. The van der Waals surface area contributed by atoms with Gasteiger partial charge in [-0.1, -0.05) is 194 Å². The molecule has 1 aromatic heterocycles. The first-order valence-corrected chi connectivity index (χ1v) is 24.4. The molecule has 3 aliphatic carbocycles. The molecule has 10 aromatic carbocycles. The van der Waals surface area contributed by atoms with Gasteiger partial charge in [0.25, 0.3) is 0 Å². The van der Waals surface area contributed by atoms with Crippen molar-refractivity contribution in [3.05, 3.63) is 247 Å². The smallest absolute Gasteiger partial charge is 0.0979 e. The quantitative estimate of drug-likeness (QED) is 0.149. The summed E-state index contributed by atoms with van der Waals surface area (Å²) in [6.45, 7) is 0. The van der Waals surface area contributed by atoms with E-state index in [1.807, 2.05) is 6.20 Å². The van der Waals surface area contributed by atoms with Crippen LogP contribution in [-0.4, -0.2) is 9.97 Å². The molecule has 2 heteroatoms. The average molecular weight is 879 g/mol. The number of benzene rings is 10. The van der Waals surface area contributed by atoms with Crippen LogP contribution < -0.4 is 0 Å². The van der Waals surface area contributed by atoms with Crippen molar-refractivity contribution in [3.63, 3.8) is 0 Å². The molecule has 69 heavy (non-hydrogen) atoms. The van der Waals surface area contributed by atoms with E-state index in [2.05, 4.69) is 224 Å². The van der Waals surface area contributed by atoms with Gasteiger partial charge in [0, 0.05) is 16.5 Å². The molecule has 2 nitrogen and oxygen atoms in total. The number of hydrogen-bond donors (Lipinski definition) is 0. The van der Waals surface area contributed by atoms with Crippen molar-refractivity contribution in [2.75, 3.05) is 0 Å². The largest absolute Gasteiger partial charge is 0.252 e. The zero-order valence-corrected chi connectivity index (χ0v) is 38.1. The Labute approximate surface area is 403 Å². The number of fused-ring (bicyclic) bond motifs is 12. The van der Waals surface area contributed by atoms with E-state index >= 15 is 0 Å². The minimum atomic E-state index is 0.471. The van der Waals surface area contributed by atoms with Crippen molar-refractivity contribution >= 4 is 27.9 Å². The van der Waals surface area contributed by atoms with Crippen molar-refractivity contribution in [2.45, 2.75) is 31.1 Å². The Morgan fingerprint density at radius 1 is 0.377 bits per heavy atom. The summed E-state index contributed by atoms with van der Waals surface area (Å²) in [6.07, 6.45) is 9.72. The fourth-order valence-corrected chi connectivity index (χ4v) is 11.7. The SMILES string of the molecule is C1=Cc2c(c3ccccc3c3nc(-c4ccc(-c5ccccc5-c5cc(-c6cccc(-c7ccccc7)c6)cc6c5[C@H]5C[C@H]5c5ccc(-c7cccc(-c8ccccc8)c7)cc5-6)cc4)cnc23)CC1. The van der Waals surface area contributed by atoms with E-state index in [0.717, 1.165) is 41.6 Å². The molecule has 1 heterocycles. The molecule has 0 amide bonds. The first-order valence-electron chi connectivity index (χ1n) is 24.4. The topological polar surface area (TPSA) is 25.8 Å². The number of aryl methyl sites for hydroxylation is 1. The summed E-state index contributed by atoms with van der Waals surface area (Å²) < 4.78 is 0. The first-order chi connectivity index (χ1) is 34.2. The maximum absolute atomic E-state index is 5.34. The first kappa shape index (κ1) is 39.7. The Kier molecular flexibility index (Phi) is 9.27. The second-order valence-electron chi connectivity index (χ2n) is 19.1. The lowest BCUT2D eigenvalue weighted by molar-refractivity contribution is 0.998. The zero-order chi connectivity index (χ0) is 45.4. The van der Waals surface area contributed by atoms with Crippen LogP contribution in [0.4, 0.5) is 0 Å². The van der Waals surface area contributed by atoms with Crippen LogP contribution in [0.2, 0.25) is 0 Å². The van der Waals surface area contributed by atoms with Gasteiger partial charge in [0.2, 0.25) is 0 Å². The van der Waals surface area contributed by atoms with Gasteiger partial charge in [-0.25, -0.2) is 4.98 Å². The third kappa shape index (κ3) is 6.78. The van der Waals surface area contributed by atoms with Crippen molar-refractivity contribution < 1.29 is 0 Å². The van der Waals surface area contributed by atoms with Gasteiger partial charge in [0.15, 0.2) is 0 Å². The second-order valence-corrected chi connectivity index (χ2v) is 19.1. The summed E-state index contributed by atoms with van der Waals surface area (Å²) in [5.41, 5.74) is 27.0. The average Bonchev–Trinajstić information content (AvgIpc) is 4.25. The van der Waals surface area contributed by atoms with Gasteiger partial charge in [-0.05, 0) is 161 Å². The minimum absolute atomic E-state index is 0.471. The van der Waals surface area contributed by atoms with Gasteiger partial charge in [0.1, 0.15) is 0 Å². The van der Waals surface area contributed by atoms with Crippen molar-refractivity contribution in [2.24, 2.45) is 0 Å². The summed E-state index contributed by atoms with van der Waals surface area (Å²) in [5.74, 6) is 0.981. The molecule has 0 saturated heterocycles. The molecule has 1 fully saturated rings. The summed E-state index contributed by atoms with van der Waals surface area (Å²) in [5, 5.41) is 2.46. The lowest BCUT2D eigenvalue weighted by Gasteiger charge is -2.26. The highest BCUT2D eigenvalue weighted by Gasteiger charge is 2.47. The number of rotatable bonds is 7. The van der Waals surface area contributed by atoms with E-state index in [4.69, 9.17) is 9.97 Å². The molecule has 1 saturated carbocycles. The molecule has 0 radical (unpaired) electrons. The molecule has 0 bridgehead atoms. The molecule has 0 spiro atoms. The Bertz CT molecular complexity index is 3860. The maximum Gasteiger partial charge on any atom is 0.0979 e. The summed E-state index contributed by atoms with van der Waals surface area (Å²) >= 11 is 0. The third-order valence-electron chi connectivity index (χ3n) is 15.1. The van der Waals surface area contributed by atoms with Crippen LogP contribution in [0.25, 0.3) is 117 Å². The number of nitrogens with zero attached hydrogens (tertiary/aromatic N) is 2. The second kappa shape index (κ2) is 16.1. The third-order valence-corrected chi connectivity index (χ3v) is 15.1. The van der Waals surface area contributed by atoms with Crippen LogP contribution in [-0.2, 0) is 6.42 Å². The summed E-state index contributed by atoms with van der Waals surface area (Å²) in [6, 6.07) is 78.6. The summed E-state index contributed by atoms with van der Waals surface area (Å²) in [4.78, 5) is 10.4. The van der Waals surface area contributed by atoms with Crippen molar-refractivity contribution in [3.8, 4) is 89.1 Å². The van der Waals surface area contributed by atoms with E-state index in [9.17, 15) is 0 Å². The Hall–Kier alpha value is -8.46. The molecular formula is C67H46N2. The van der Waals surface area contributed by atoms with Crippen LogP contribution in [0, 0.1) is 0 Å². The molecular weight excluding hydrogens is 833 g/mol. The standard InChI is InChI=1S/C67H46N2/c1-3-15-42(16-4-1)46-19-13-21-48(35-46)50-33-34-56-59(37-50)62-39-51(49-22-14-20-47(36-49)43-17-5-2-6-18-43)38-61(65(62)63-40-60(56)63)53-24-8-7-23-52(53)44-29-31-45(32-30-44)64-41-68-66-57-27-11-9-25-54(57)55-26-10-12-28-58(55)67(66)69-64/h1-8,10-24,26-39,41,60,63H,9,25,40H2/t60-,63-/m0/s1. The lowest BCUT2D eigenvalue weighted by Crippen LogP contribution is -2.03. The highest BCUT2D eigenvalue weighted by Crippen LogP contribution is 2.65. The van der Waals surface area contributed by atoms with Gasteiger partial charge in [-0.2, -0.15) is 0 Å². The molecule has 0 aliphatic heterocycles. The number of aromatic nitrogens is 2. The highest BCUT2D eigenvalue weighted by molar-refractivity contribution is 6.10. The molecule has 14 rings (SSSR count). The fraction of sp³-hybridized carbons (Fsp3) is 0.0746. The lowest BCUT2D eigenvalue weighted by atomic mass is 9.78. The van der Waals surface area contributed by atoms with E-state index in [1.54, 1.807) is 0 Å². The minimum Gasteiger partial charge on any atom is -0.252 e. The van der Waals surface area contributed by atoms with Gasteiger partial charge in [-0.3, -0.25) is 4.98 Å². The molecule has 0 N–H and O–H groups in total. The van der Waals surface area contributed by atoms with E-state index in [0.29, 0.717) is 11.8 Å². The molecule has 2 atom stereocenters. The molecule has 324 valence electrons. The normalized spacial score (nSPS) is 15.3. The van der Waals surface area contributed by atoms with Gasteiger partial charge >= 0.3 is 0 Å². The highest BCUT2D eigenvalue weighted by atomic mass is 14.8. The Morgan fingerprint density at radius 3 is 1.65 bits per heavy atom. The van der Waals surface area contributed by atoms with E-state index in [-0.39, 0.29) is 0 Å². The Morgan fingerprint density at radius 2 is 0.928 bits per heavy atom. The van der Waals surface area contributed by atoms with E-state index in [1.165, 1.54) is 111 Å². The van der Waals surface area contributed by atoms with E-state index < -0.39 is 0 Å². The van der Waals surface area contributed by atoms with Crippen LogP contribution in [0.5, 0.6) is 0 Å². The van der Waals surface area contributed by atoms with Gasteiger partial charge in [0.05, 0.1) is 22.9 Å². The molecule has 3 aliphatic rings. The number of hydrogen-bond acceptors (Lipinski definition) is 2. The summed E-state index contributed by atoms with van der Waals surface area (Å²) in [7, 11) is 0. The van der Waals surface area contributed by atoms with Crippen LogP contribution in [0.15, 0.2) is 225 Å². The van der Waals surface area contributed by atoms with Crippen molar-refractivity contribution in [1.29, 1.82) is 0 Å². The molecule has 0 unspecified atom stereocenters. The fourth-order valence-electron chi connectivity index (χ4n) is 11.7. The monoisotopic (exact) mass is 878 g/mol. The maximum atomic E-state index is 5.34. The number of allylic oxidation sites excluding steroid dienone is 1. The Balaban J connectivity index is 0.908. The van der Waals surface area contributed by atoms with Gasteiger partial charge < -0.3 is 0 Å². The predicted octanol–water partition coefficient (Wildman–Crippen LogP) is 17.7.